The van der Waals surface area contributed by atoms with Gasteiger partial charge in [-0.05, 0) is 86.1 Å². The van der Waals surface area contributed by atoms with E-state index in [-0.39, 0.29) is 22.3 Å². The van der Waals surface area contributed by atoms with Crippen molar-refractivity contribution in [2.45, 2.75) is 43.9 Å². The maximum absolute atomic E-state index is 12.8. The number of halogens is 2. The molecule has 1 aromatic carbocycles. The summed E-state index contributed by atoms with van der Waals surface area (Å²) in [6.07, 6.45) is 11.8. The lowest BCUT2D eigenvalue weighted by molar-refractivity contribution is -0.136. The van der Waals surface area contributed by atoms with Crippen molar-refractivity contribution in [2.75, 3.05) is 6.54 Å². The summed E-state index contributed by atoms with van der Waals surface area (Å²) in [6.45, 7) is 1.99. The normalized spacial score (nSPS) is 24.6. The van der Waals surface area contributed by atoms with E-state index in [1.165, 1.54) is 6.07 Å². The minimum atomic E-state index is -3.75. The molecular weight excluding hydrogens is 457 g/mol. The zero-order valence-electron chi connectivity index (χ0n) is 17.4. The maximum Gasteiger partial charge on any atom is 0.303 e. The molecule has 0 aromatic heterocycles. The molecule has 4 atom stereocenters. The van der Waals surface area contributed by atoms with Crippen LogP contribution in [-0.4, -0.2) is 26.0 Å². The second-order valence-corrected chi connectivity index (χ2v) is 10.8. The first-order valence-corrected chi connectivity index (χ1v) is 12.7. The minimum Gasteiger partial charge on any atom is -0.481 e. The first kappa shape index (κ1) is 24.1. The van der Waals surface area contributed by atoms with Gasteiger partial charge >= 0.3 is 5.97 Å². The van der Waals surface area contributed by atoms with Gasteiger partial charge in [0.25, 0.3) is 0 Å². The molecule has 1 aromatic rings. The Morgan fingerprint density at radius 1 is 1.26 bits per heavy atom. The summed E-state index contributed by atoms with van der Waals surface area (Å²) in [5.74, 6) is 0.597. The van der Waals surface area contributed by atoms with E-state index in [4.69, 9.17) is 28.3 Å². The number of carbonyl (C=O) groups is 1. The summed E-state index contributed by atoms with van der Waals surface area (Å²) in [6, 6.07) is 3.03. The Morgan fingerprint density at radius 2 is 1.97 bits per heavy atom. The molecule has 1 saturated carbocycles. The fourth-order valence-electron chi connectivity index (χ4n) is 4.72. The summed E-state index contributed by atoms with van der Waals surface area (Å²) in [4.78, 5) is 10.7. The fourth-order valence-corrected chi connectivity index (χ4v) is 6.95. The van der Waals surface area contributed by atoms with Gasteiger partial charge in [-0.25, -0.2) is 13.1 Å². The Morgan fingerprint density at radius 3 is 2.61 bits per heavy atom. The van der Waals surface area contributed by atoms with Crippen molar-refractivity contribution < 1.29 is 18.3 Å². The third-order valence-electron chi connectivity index (χ3n) is 6.12. The third kappa shape index (κ3) is 6.03. The number of benzene rings is 1. The van der Waals surface area contributed by atoms with Crippen LogP contribution in [0.3, 0.4) is 0 Å². The van der Waals surface area contributed by atoms with Crippen molar-refractivity contribution in [2.24, 2.45) is 23.7 Å². The molecule has 1 fully saturated rings. The molecular formula is C23H27Cl2NO4S. The number of fused-ring (bicyclic) bond motifs is 2. The summed E-state index contributed by atoms with van der Waals surface area (Å²) < 4.78 is 28.4. The van der Waals surface area contributed by atoms with Crippen LogP contribution in [0.4, 0.5) is 0 Å². The van der Waals surface area contributed by atoms with Gasteiger partial charge in [-0.15, -0.1) is 5.73 Å². The smallest absolute Gasteiger partial charge is 0.303 e. The van der Waals surface area contributed by atoms with E-state index >= 15 is 0 Å². The second kappa shape index (κ2) is 10.4. The van der Waals surface area contributed by atoms with Crippen molar-refractivity contribution in [3.8, 4) is 0 Å². The molecule has 0 spiro atoms. The number of hydrogen-bond acceptors (Lipinski definition) is 3. The highest BCUT2D eigenvalue weighted by Gasteiger charge is 2.39. The Kier molecular flexibility index (Phi) is 8.06. The van der Waals surface area contributed by atoms with Gasteiger partial charge < -0.3 is 5.11 Å². The Bertz CT molecular complexity index is 1010. The van der Waals surface area contributed by atoms with Gasteiger partial charge in [-0.3, -0.25) is 4.79 Å². The largest absolute Gasteiger partial charge is 0.481 e. The predicted molar refractivity (Wildman–Crippen MR) is 123 cm³/mol. The van der Waals surface area contributed by atoms with Crippen LogP contribution in [0.2, 0.25) is 10.0 Å². The Labute approximate surface area is 193 Å². The fraction of sp³-hybridized carbons (Fsp3) is 0.478. The van der Waals surface area contributed by atoms with Crippen LogP contribution in [-0.2, 0) is 14.8 Å². The SMILES string of the molecule is Cc1cc(Cl)cc(Cl)c1S(=O)(=O)NCC[C@@H]1[C@@H](C=C=CCCC(=O)O)[C@H]2C=C[C@@H]1CC2. The highest BCUT2D eigenvalue weighted by atomic mass is 35.5. The number of nitrogens with one attached hydrogen (secondary N) is 1. The third-order valence-corrected chi connectivity index (χ3v) is 8.41. The van der Waals surface area contributed by atoms with E-state index in [0.29, 0.717) is 47.7 Å². The predicted octanol–water partition coefficient (Wildman–Crippen LogP) is 5.37. The van der Waals surface area contributed by atoms with Crippen LogP contribution in [0.25, 0.3) is 0 Å². The number of hydrogen-bond donors (Lipinski definition) is 2. The number of aliphatic carboxylic acids is 1. The Hall–Kier alpha value is -1.56. The first-order valence-electron chi connectivity index (χ1n) is 10.5. The van der Waals surface area contributed by atoms with Crippen LogP contribution in [0, 0.1) is 30.6 Å². The highest BCUT2D eigenvalue weighted by molar-refractivity contribution is 7.89. The number of aryl methyl sites for hydroxylation is 1. The average Bonchev–Trinajstić information content (AvgIpc) is 2.68. The molecule has 0 radical (unpaired) electrons. The van der Waals surface area contributed by atoms with Crippen LogP contribution >= 0.6 is 23.2 Å². The van der Waals surface area contributed by atoms with E-state index in [0.717, 1.165) is 12.8 Å². The van der Waals surface area contributed by atoms with E-state index in [1.807, 2.05) is 6.08 Å². The number of sulfonamides is 1. The lowest BCUT2D eigenvalue weighted by atomic mass is 9.61. The molecule has 4 rings (SSSR count). The molecule has 5 nitrogen and oxygen atoms in total. The van der Waals surface area contributed by atoms with Crippen molar-refractivity contribution in [1.29, 1.82) is 0 Å². The second-order valence-electron chi connectivity index (χ2n) is 8.22. The van der Waals surface area contributed by atoms with Gasteiger partial charge in [0.2, 0.25) is 10.0 Å². The standard InChI is InChI=1S/C23H27Cl2NO4S/c1-15-13-18(24)14-21(25)23(15)31(29,30)26-12-11-20-17-9-7-16(8-10-17)19(20)5-3-2-4-6-22(27)28/h2,5,7,9,13-14,16-17,19-20,26H,4,6,8,10-12H2,1H3,(H,27,28)/t3?,16-,17+,19-,20-/m0/s1. The Balaban J connectivity index is 1.67. The monoisotopic (exact) mass is 483 g/mol. The lowest BCUT2D eigenvalue weighted by Gasteiger charge is -2.43. The van der Waals surface area contributed by atoms with Gasteiger partial charge in [-0.2, -0.15) is 0 Å². The van der Waals surface area contributed by atoms with Crippen LogP contribution < -0.4 is 4.72 Å². The van der Waals surface area contributed by atoms with Crippen LogP contribution in [0.5, 0.6) is 0 Å². The van der Waals surface area contributed by atoms with Gasteiger partial charge in [0.1, 0.15) is 4.90 Å². The summed E-state index contributed by atoms with van der Waals surface area (Å²) in [5, 5.41) is 9.26. The van der Waals surface area contributed by atoms with E-state index in [9.17, 15) is 13.2 Å². The van der Waals surface area contributed by atoms with Gasteiger partial charge in [-0.1, -0.05) is 35.4 Å². The summed E-state index contributed by atoms with van der Waals surface area (Å²) in [7, 11) is -3.75. The van der Waals surface area contributed by atoms with Gasteiger partial charge in [0, 0.05) is 18.0 Å². The number of allylic oxidation sites excluding steroid dienone is 3. The number of carboxylic acids is 1. The van der Waals surface area contributed by atoms with E-state index in [1.54, 1.807) is 19.1 Å². The minimum absolute atomic E-state index is 0.0708. The molecule has 0 unspecified atom stereocenters. The zero-order chi connectivity index (χ0) is 22.6. The molecule has 8 heteroatoms. The van der Waals surface area contributed by atoms with E-state index in [2.05, 4.69) is 22.6 Å². The highest BCUT2D eigenvalue weighted by Crippen LogP contribution is 2.46. The number of carboxylic acid groups (broad SMARTS) is 1. The molecule has 3 aliphatic rings. The topological polar surface area (TPSA) is 83.5 Å². The summed E-state index contributed by atoms with van der Waals surface area (Å²) in [5.41, 5.74) is 3.67. The van der Waals surface area contributed by atoms with Crippen molar-refractivity contribution in [1.82, 2.24) is 4.72 Å². The lowest BCUT2D eigenvalue weighted by Crippen LogP contribution is -2.38. The summed E-state index contributed by atoms with van der Waals surface area (Å²) >= 11 is 12.1. The average molecular weight is 484 g/mol. The molecule has 0 amide bonds. The van der Waals surface area contributed by atoms with Crippen molar-refractivity contribution in [3.05, 3.63) is 57.8 Å². The molecule has 0 aliphatic heterocycles. The van der Waals surface area contributed by atoms with Crippen LogP contribution in [0.1, 0.15) is 37.7 Å². The maximum atomic E-state index is 12.8. The van der Waals surface area contributed by atoms with Gasteiger partial charge in [0.05, 0.1) is 5.02 Å². The van der Waals surface area contributed by atoms with E-state index < -0.39 is 16.0 Å². The van der Waals surface area contributed by atoms with Crippen LogP contribution in [0.15, 0.2) is 47.1 Å². The molecule has 31 heavy (non-hydrogen) atoms. The number of rotatable bonds is 9. The molecule has 3 aliphatic carbocycles. The molecule has 2 N–H and O–H groups in total. The first-order chi connectivity index (χ1) is 14.7. The quantitative estimate of drug-likeness (QED) is 0.365. The van der Waals surface area contributed by atoms with Gasteiger partial charge in [0.15, 0.2) is 0 Å². The van der Waals surface area contributed by atoms with Crippen molar-refractivity contribution >= 4 is 39.2 Å². The molecule has 0 heterocycles. The molecule has 168 valence electrons. The molecule has 0 saturated heterocycles. The zero-order valence-corrected chi connectivity index (χ0v) is 19.7. The van der Waals surface area contributed by atoms with Crippen molar-refractivity contribution in [3.63, 3.8) is 0 Å². The molecule has 2 bridgehead atoms.